The van der Waals surface area contributed by atoms with Crippen molar-refractivity contribution in [3.8, 4) is 0 Å². The molecule has 116 valence electrons. The lowest BCUT2D eigenvalue weighted by Gasteiger charge is -2.14. The Bertz CT molecular complexity index is 525. The number of nitrogens with one attached hydrogen (secondary N) is 2. The molecule has 2 rings (SSSR count). The fraction of sp³-hybridized carbons (Fsp3) is 0.462. The summed E-state index contributed by atoms with van der Waals surface area (Å²) >= 11 is 5.57. The van der Waals surface area contributed by atoms with Gasteiger partial charge >= 0.3 is 6.18 Å². The second kappa shape index (κ2) is 6.53. The maximum absolute atomic E-state index is 12.8. The largest absolute Gasteiger partial charge is 0.417 e. The van der Waals surface area contributed by atoms with Crippen LogP contribution in [-0.2, 0) is 6.18 Å². The molecule has 21 heavy (non-hydrogen) atoms. The third-order valence-electron chi connectivity index (χ3n) is 3.31. The van der Waals surface area contributed by atoms with Gasteiger partial charge in [0, 0.05) is 5.69 Å². The van der Waals surface area contributed by atoms with Crippen LogP contribution in [0.1, 0.15) is 31.2 Å². The number of benzene rings is 1. The molecule has 0 aliphatic heterocycles. The van der Waals surface area contributed by atoms with Crippen molar-refractivity contribution >= 4 is 23.2 Å². The highest BCUT2D eigenvalue weighted by Gasteiger charge is 2.33. The predicted molar refractivity (Wildman–Crippen MR) is 77.1 cm³/mol. The fourth-order valence-electron chi connectivity index (χ4n) is 2.28. The second-order valence-corrected chi connectivity index (χ2v) is 5.28. The Kier molecular flexibility index (Phi) is 4.95. The summed E-state index contributed by atoms with van der Waals surface area (Å²) in [4.78, 5) is 4.36. The lowest BCUT2D eigenvalue weighted by Crippen LogP contribution is -2.37. The third-order valence-corrected chi connectivity index (χ3v) is 3.64. The van der Waals surface area contributed by atoms with E-state index in [0.29, 0.717) is 0 Å². The molecule has 0 bridgehead atoms. The first-order chi connectivity index (χ1) is 9.90. The van der Waals surface area contributed by atoms with Crippen LogP contribution in [0.15, 0.2) is 23.2 Å². The average molecular weight is 321 g/mol. The molecule has 1 aliphatic carbocycles. The Balaban J connectivity index is 2.18. The van der Waals surface area contributed by atoms with E-state index in [1.807, 2.05) is 0 Å². The summed E-state index contributed by atoms with van der Waals surface area (Å²) in [5, 5.41) is 2.41. The summed E-state index contributed by atoms with van der Waals surface area (Å²) < 4.78 is 38.4. The molecule has 0 heterocycles. The Morgan fingerprint density at radius 3 is 2.52 bits per heavy atom. The summed E-state index contributed by atoms with van der Waals surface area (Å²) in [5.41, 5.74) is 1.70. The number of guanidine groups is 1. The summed E-state index contributed by atoms with van der Waals surface area (Å²) in [6, 6.07) is 3.72. The molecule has 8 heteroatoms. The van der Waals surface area contributed by atoms with Crippen molar-refractivity contribution in [1.82, 2.24) is 5.43 Å². The maximum atomic E-state index is 12.8. The number of rotatable bonds is 2. The number of nitrogens with two attached hydrogens (primary N) is 1. The molecule has 4 N–H and O–H groups in total. The SMILES string of the molecule is NNC(=NC1CCCC1)Nc1ccc(Cl)c(C(F)(F)F)c1. The van der Waals surface area contributed by atoms with E-state index >= 15 is 0 Å². The summed E-state index contributed by atoms with van der Waals surface area (Å²) in [7, 11) is 0. The second-order valence-electron chi connectivity index (χ2n) is 4.88. The van der Waals surface area contributed by atoms with Crippen LogP contribution in [0.25, 0.3) is 0 Å². The topological polar surface area (TPSA) is 62.4 Å². The highest BCUT2D eigenvalue weighted by atomic mass is 35.5. The molecule has 0 spiro atoms. The maximum Gasteiger partial charge on any atom is 0.417 e. The van der Waals surface area contributed by atoms with Gasteiger partial charge in [-0.25, -0.2) is 10.8 Å². The molecule has 0 atom stereocenters. The van der Waals surface area contributed by atoms with Gasteiger partial charge < -0.3 is 5.32 Å². The summed E-state index contributed by atoms with van der Waals surface area (Å²) in [5.74, 6) is 5.61. The van der Waals surface area contributed by atoms with E-state index < -0.39 is 11.7 Å². The standard InChI is InChI=1S/C13H16ClF3N4/c14-11-6-5-9(7-10(11)13(15,16)17)20-12(21-18)19-8-3-1-2-4-8/h5-8H,1-4,18H2,(H2,19,20,21). The van der Waals surface area contributed by atoms with Gasteiger partial charge in [0.1, 0.15) is 0 Å². The van der Waals surface area contributed by atoms with Gasteiger partial charge in [0.15, 0.2) is 0 Å². The fourth-order valence-corrected chi connectivity index (χ4v) is 2.50. The van der Waals surface area contributed by atoms with Gasteiger partial charge in [-0.1, -0.05) is 24.4 Å². The summed E-state index contributed by atoms with van der Waals surface area (Å²) in [6.45, 7) is 0. The molecular formula is C13H16ClF3N4. The highest BCUT2D eigenvalue weighted by Crippen LogP contribution is 2.36. The van der Waals surface area contributed by atoms with E-state index in [0.717, 1.165) is 31.7 Å². The van der Waals surface area contributed by atoms with Crippen LogP contribution < -0.4 is 16.6 Å². The number of anilines is 1. The third kappa shape index (κ3) is 4.25. The van der Waals surface area contributed by atoms with Crippen molar-refractivity contribution in [2.24, 2.45) is 10.8 Å². The van der Waals surface area contributed by atoms with Gasteiger partial charge in [-0.2, -0.15) is 13.2 Å². The first kappa shape index (κ1) is 15.9. The molecule has 0 amide bonds. The average Bonchev–Trinajstić information content (AvgIpc) is 2.91. The predicted octanol–water partition coefficient (Wildman–Crippen LogP) is 3.53. The van der Waals surface area contributed by atoms with Crippen LogP contribution in [0.2, 0.25) is 5.02 Å². The molecule has 1 fully saturated rings. The smallest absolute Gasteiger partial charge is 0.325 e. The van der Waals surface area contributed by atoms with E-state index in [1.165, 1.54) is 12.1 Å². The van der Waals surface area contributed by atoms with E-state index in [4.69, 9.17) is 17.4 Å². The number of nitrogens with zero attached hydrogens (tertiary/aromatic N) is 1. The Labute approximate surface area is 125 Å². The molecule has 1 aromatic carbocycles. The van der Waals surface area contributed by atoms with Crippen LogP contribution in [0.5, 0.6) is 0 Å². The van der Waals surface area contributed by atoms with E-state index in [1.54, 1.807) is 0 Å². The first-order valence-corrected chi connectivity index (χ1v) is 6.96. The highest BCUT2D eigenvalue weighted by molar-refractivity contribution is 6.31. The Morgan fingerprint density at radius 2 is 1.95 bits per heavy atom. The van der Waals surface area contributed by atoms with Crippen LogP contribution in [-0.4, -0.2) is 12.0 Å². The van der Waals surface area contributed by atoms with Gasteiger partial charge in [-0.05, 0) is 31.0 Å². The van der Waals surface area contributed by atoms with E-state index in [9.17, 15) is 13.2 Å². The number of hydrogen-bond acceptors (Lipinski definition) is 2. The quantitative estimate of drug-likeness (QED) is 0.338. The molecule has 1 aromatic rings. The number of hydrogen-bond donors (Lipinski definition) is 3. The van der Waals surface area contributed by atoms with Crippen molar-refractivity contribution < 1.29 is 13.2 Å². The molecule has 0 unspecified atom stereocenters. The molecular weight excluding hydrogens is 305 g/mol. The Morgan fingerprint density at radius 1 is 1.29 bits per heavy atom. The van der Waals surface area contributed by atoms with Crippen LogP contribution in [0, 0.1) is 0 Å². The number of hydrazine groups is 1. The zero-order valence-electron chi connectivity index (χ0n) is 11.2. The minimum Gasteiger partial charge on any atom is -0.325 e. The van der Waals surface area contributed by atoms with Gasteiger partial charge in [-0.3, -0.25) is 5.43 Å². The minimum absolute atomic E-state index is 0.151. The summed E-state index contributed by atoms with van der Waals surface area (Å²) in [6.07, 6.45) is -0.382. The van der Waals surface area contributed by atoms with Crippen molar-refractivity contribution in [3.63, 3.8) is 0 Å². The molecule has 0 saturated heterocycles. The van der Waals surface area contributed by atoms with Gasteiger partial charge in [0.25, 0.3) is 0 Å². The zero-order chi connectivity index (χ0) is 15.5. The molecule has 4 nitrogen and oxygen atoms in total. The van der Waals surface area contributed by atoms with Crippen LogP contribution in [0.3, 0.4) is 0 Å². The monoisotopic (exact) mass is 320 g/mol. The van der Waals surface area contributed by atoms with Gasteiger partial charge in [-0.15, -0.1) is 0 Å². The molecule has 0 aromatic heterocycles. The number of aliphatic imine (C=N–C) groups is 1. The van der Waals surface area contributed by atoms with E-state index in [2.05, 4.69) is 15.7 Å². The van der Waals surface area contributed by atoms with Crippen molar-refractivity contribution in [2.45, 2.75) is 37.9 Å². The number of halogens is 4. The van der Waals surface area contributed by atoms with Crippen molar-refractivity contribution in [3.05, 3.63) is 28.8 Å². The van der Waals surface area contributed by atoms with Crippen LogP contribution >= 0.6 is 11.6 Å². The van der Waals surface area contributed by atoms with Crippen LogP contribution in [0.4, 0.5) is 18.9 Å². The van der Waals surface area contributed by atoms with Gasteiger partial charge in [0.05, 0.1) is 16.6 Å². The number of alkyl halides is 3. The zero-order valence-corrected chi connectivity index (χ0v) is 11.9. The van der Waals surface area contributed by atoms with Crippen molar-refractivity contribution in [1.29, 1.82) is 0 Å². The molecule has 1 saturated carbocycles. The first-order valence-electron chi connectivity index (χ1n) is 6.58. The Hall–Kier alpha value is -1.47. The lowest BCUT2D eigenvalue weighted by molar-refractivity contribution is -0.137. The van der Waals surface area contributed by atoms with Crippen molar-refractivity contribution in [2.75, 3.05) is 5.32 Å². The van der Waals surface area contributed by atoms with E-state index in [-0.39, 0.29) is 22.7 Å². The lowest BCUT2D eigenvalue weighted by atomic mass is 10.2. The molecule has 0 radical (unpaired) electrons. The molecule has 1 aliphatic rings. The van der Waals surface area contributed by atoms with Gasteiger partial charge in [0.2, 0.25) is 5.96 Å². The minimum atomic E-state index is -4.51. The normalized spacial score (nSPS) is 17.1.